The lowest BCUT2D eigenvalue weighted by atomic mass is 9.58. The molecule has 278 valence electrons. The fourth-order valence-electron chi connectivity index (χ4n) is 8.03. The van der Waals surface area contributed by atoms with Gasteiger partial charge in [0.25, 0.3) is 5.91 Å². The number of carbonyl (C=O) groups excluding carboxylic acids is 2. The van der Waals surface area contributed by atoms with Crippen LogP contribution in [0.1, 0.15) is 75.0 Å². The first-order valence-electron chi connectivity index (χ1n) is 18.1. The maximum atomic E-state index is 14.1. The van der Waals surface area contributed by atoms with Gasteiger partial charge in [0.2, 0.25) is 5.91 Å². The molecule has 2 aromatic carbocycles. The van der Waals surface area contributed by atoms with Crippen molar-refractivity contribution in [2.45, 2.75) is 83.0 Å². The molecule has 0 aromatic heterocycles. The summed E-state index contributed by atoms with van der Waals surface area (Å²) in [6, 6.07) is 10.8. The summed E-state index contributed by atoms with van der Waals surface area (Å²) in [6.45, 7) is 4.81. The van der Waals surface area contributed by atoms with Crippen molar-refractivity contribution in [3.63, 3.8) is 0 Å². The average molecular weight is 743 g/mol. The Kier molecular flexibility index (Phi) is 11.4. The van der Waals surface area contributed by atoms with Crippen LogP contribution in [0, 0.1) is 11.3 Å². The van der Waals surface area contributed by atoms with E-state index in [1.165, 1.54) is 9.21 Å². The van der Waals surface area contributed by atoms with Gasteiger partial charge in [0.15, 0.2) is 5.60 Å². The van der Waals surface area contributed by atoms with Gasteiger partial charge >= 0.3 is 10.2 Å². The van der Waals surface area contributed by atoms with Crippen LogP contribution in [0.2, 0.25) is 5.02 Å². The smallest absolute Gasteiger partial charge is 0.303 e. The SMILES string of the molecule is CO[C@H]1/C=C/CCN(C)C(=O)C[C@](O)(C(=O)NS(=O)(=O)N2CCCC2)c2ccc3c(c2)N(CCCCc2cc(Cl)ccc2CO3)CC2(C)CC[C@@H]12. The van der Waals surface area contributed by atoms with E-state index in [4.69, 9.17) is 21.1 Å². The molecule has 1 saturated carbocycles. The molecular weight excluding hydrogens is 692 g/mol. The Morgan fingerprint density at radius 3 is 2.55 bits per heavy atom. The Morgan fingerprint density at radius 2 is 1.82 bits per heavy atom. The second-order valence-electron chi connectivity index (χ2n) is 14.9. The quantitative estimate of drug-likeness (QED) is 0.422. The summed E-state index contributed by atoms with van der Waals surface area (Å²) in [7, 11) is -0.889. The summed E-state index contributed by atoms with van der Waals surface area (Å²) >= 11 is 6.38. The molecule has 1 saturated heterocycles. The molecule has 1 unspecified atom stereocenters. The largest absolute Gasteiger partial charge is 0.487 e. The molecule has 2 amide bonds. The second-order valence-corrected chi connectivity index (χ2v) is 17.0. The lowest BCUT2D eigenvalue weighted by Crippen LogP contribution is -2.53. The van der Waals surface area contributed by atoms with E-state index in [1.807, 2.05) is 24.3 Å². The molecule has 2 N–H and O–H groups in total. The molecule has 11 nitrogen and oxygen atoms in total. The van der Waals surface area contributed by atoms with E-state index >= 15 is 0 Å². The van der Waals surface area contributed by atoms with E-state index in [-0.39, 0.29) is 42.7 Å². The Hall–Kier alpha value is -3.16. The highest BCUT2D eigenvalue weighted by atomic mass is 35.5. The molecule has 13 heteroatoms. The first-order chi connectivity index (χ1) is 24.3. The highest BCUT2D eigenvalue weighted by molar-refractivity contribution is 7.87. The number of hydrogen-bond acceptors (Lipinski definition) is 8. The molecule has 2 aromatic rings. The topological polar surface area (TPSA) is 129 Å². The molecule has 2 bridgehead atoms. The van der Waals surface area contributed by atoms with Crippen molar-refractivity contribution in [1.82, 2.24) is 13.9 Å². The Bertz CT molecular complexity index is 1750. The maximum absolute atomic E-state index is 14.1. The zero-order valence-electron chi connectivity index (χ0n) is 29.9. The summed E-state index contributed by atoms with van der Waals surface area (Å²) in [4.78, 5) is 31.5. The van der Waals surface area contributed by atoms with Crippen LogP contribution in [-0.2, 0) is 43.2 Å². The summed E-state index contributed by atoms with van der Waals surface area (Å²) in [6.07, 6.45) is 9.89. The number of aryl methyl sites for hydroxylation is 1. The molecule has 3 heterocycles. The number of nitrogens with one attached hydrogen (secondary N) is 1. The molecule has 6 rings (SSSR count). The van der Waals surface area contributed by atoms with Crippen LogP contribution >= 0.6 is 11.6 Å². The number of anilines is 1. The molecule has 0 radical (unpaired) electrons. The molecule has 1 aliphatic carbocycles. The van der Waals surface area contributed by atoms with E-state index in [0.717, 1.165) is 43.2 Å². The standard InChI is InChI=1S/C38H51ClN4O7S/c1-37-17-16-31(37)33(49-3)11-5-6-18-41(2)35(44)24-38(46,36(45)40-51(47,48)43-20-8-9-21-43)29-13-15-34-32(23-29)42(26-37)19-7-4-10-27-22-30(39)14-12-28(27)25-50-34/h5,11-15,22-23,31,33,46H,4,6-10,16-21,24-26H2,1-3H3,(H,40,45)/b11-5+/t31-,33-,37?,38+/m0/s1. The Balaban J connectivity index is 1.46. The van der Waals surface area contributed by atoms with Crippen LogP contribution in [0.5, 0.6) is 5.75 Å². The van der Waals surface area contributed by atoms with Crippen molar-refractivity contribution < 1.29 is 32.6 Å². The van der Waals surface area contributed by atoms with E-state index < -0.39 is 34.0 Å². The van der Waals surface area contributed by atoms with Crippen molar-refractivity contribution in [3.05, 3.63) is 70.3 Å². The van der Waals surface area contributed by atoms with Gasteiger partial charge in [0.1, 0.15) is 12.4 Å². The summed E-state index contributed by atoms with van der Waals surface area (Å²) in [5.74, 6) is -0.856. The number of hydrogen-bond donors (Lipinski definition) is 2. The van der Waals surface area contributed by atoms with Gasteiger partial charge in [-0.3, -0.25) is 9.59 Å². The number of fused-ring (bicyclic) bond motifs is 3. The number of halogens is 1. The zero-order chi connectivity index (χ0) is 36.4. The highest BCUT2D eigenvalue weighted by Crippen LogP contribution is 2.51. The number of ether oxygens (including phenoxy) is 2. The fraction of sp³-hybridized carbons (Fsp3) is 0.579. The zero-order valence-corrected chi connectivity index (χ0v) is 31.5. The second kappa shape index (κ2) is 15.4. The van der Waals surface area contributed by atoms with Gasteiger partial charge in [-0.25, -0.2) is 4.72 Å². The number of aliphatic hydroxyl groups is 1. The summed E-state index contributed by atoms with van der Waals surface area (Å²) < 4.78 is 42.5. The first kappa shape index (κ1) is 37.6. The lowest BCUT2D eigenvalue weighted by molar-refractivity contribution is -0.148. The van der Waals surface area contributed by atoms with Gasteiger partial charge in [-0.1, -0.05) is 42.8 Å². The summed E-state index contributed by atoms with van der Waals surface area (Å²) in [5, 5.41) is 13.1. The normalized spacial score (nSPS) is 28.8. The van der Waals surface area contributed by atoms with Crippen molar-refractivity contribution in [2.75, 3.05) is 51.8 Å². The monoisotopic (exact) mass is 742 g/mol. The fourth-order valence-corrected chi connectivity index (χ4v) is 9.49. The van der Waals surface area contributed by atoms with Crippen molar-refractivity contribution in [1.29, 1.82) is 0 Å². The van der Waals surface area contributed by atoms with Crippen molar-refractivity contribution in [3.8, 4) is 5.75 Å². The van der Waals surface area contributed by atoms with E-state index in [9.17, 15) is 23.1 Å². The first-order valence-corrected chi connectivity index (χ1v) is 19.9. The van der Waals surface area contributed by atoms with Crippen LogP contribution in [0.25, 0.3) is 0 Å². The molecule has 0 spiro atoms. The third-order valence-corrected chi connectivity index (χ3v) is 13.1. The number of rotatable bonds is 4. The van der Waals surface area contributed by atoms with Gasteiger partial charge in [-0.15, -0.1) is 0 Å². The molecule has 3 aliphatic heterocycles. The van der Waals surface area contributed by atoms with E-state index in [0.29, 0.717) is 55.4 Å². The van der Waals surface area contributed by atoms with Crippen LogP contribution in [0.15, 0.2) is 48.6 Å². The minimum Gasteiger partial charge on any atom is -0.487 e. The molecule has 4 aliphatic rings. The van der Waals surface area contributed by atoms with Gasteiger partial charge in [0.05, 0.1) is 18.2 Å². The number of benzene rings is 2. The third kappa shape index (κ3) is 8.10. The predicted octanol–water partition coefficient (Wildman–Crippen LogP) is 4.95. The maximum Gasteiger partial charge on any atom is 0.303 e. The number of nitrogens with zero attached hydrogens (tertiary/aromatic N) is 3. The van der Waals surface area contributed by atoms with Gasteiger partial charge in [0, 0.05) is 51.9 Å². The minimum atomic E-state index is -4.25. The van der Waals surface area contributed by atoms with Crippen LogP contribution < -0.4 is 14.4 Å². The van der Waals surface area contributed by atoms with Gasteiger partial charge in [-0.2, -0.15) is 12.7 Å². The average Bonchev–Trinajstić information content (AvgIpc) is 3.65. The third-order valence-electron chi connectivity index (χ3n) is 11.4. The lowest BCUT2D eigenvalue weighted by Gasteiger charge is -2.52. The van der Waals surface area contributed by atoms with E-state index in [1.54, 1.807) is 32.4 Å². The van der Waals surface area contributed by atoms with E-state index in [2.05, 4.69) is 22.6 Å². The van der Waals surface area contributed by atoms with Crippen molar-refractivity contribution in [2.24, 2.45) is 11.3 Å². The van der Waals surface area contributed by atoms with Crippen LogP contribution in [-0.4, -0.2) is 87.5 Å². The van der Waals surface area contributed by atoms with Gasteiger partial charge in [-0.05, 0) is 104 Å². The highest BCUT2D eigenvalue weighted by Gasteiger charge is 2.48. The molecular formula is C38H51ClN4O7S. The number of methoxy groups -OCH3 is 1. The minimum absolute atomic E-state index is 0.0887. The number of amides is 2. The molecule has 2 fully saturated rings. The van der Waals surface area contributed by atoms with Crippen LogP contribution in [0.3, 0.4) is 0 Å². The van der Waals surface area contributed by atoms with Gasteiger partial charge < -0.3 is 24.4 Å². The molecule has 51 heavy (non-hydrogen) atoms. The van der Waals surface area contributed by atoms with Crippen molar-refractivity contribution >= 4 is 39.3 Å². The Morgan fingerprint density at radius 1 is 1.06 bits per heavy atom. The summed E-state index contributed by atoms with van der Waals surface area (Å²) in [5.41, 5.74) is 0.331. The number of carbonyl (C=O) groups is 2. The predicted molar refractivity (Wildman–Crippen MR) is 197 cm³/mol. The van der Waals surface area contributed by atoms with Crippen LogP contribution in [0.4, 0.5) is 5.69 Å². The molecule has 4 atom stereocenters. The Labute approximate surface area is 307 Å².